The number of anilines is 1. The molecular weight excluding hydrogens is 621 g/mol. The number of methoxy groups -OCH3 is 1. The fourth-order valence-corrected chi connectivity index (χ4v) is 7.96. The summed E-state index contributed by atoms with van der Waals surface area (Å²) in [6.45, 7) is 0. The van der Waals surface area contributed by atoms with Crippen LogP contribution >= 0.6 is 34.4 Å². The van der Waals surface area contributed by atoms with E-state index in [-0.39, 0.29) is 23.2 Å². The number of nitrogens with one attached hydrogen (secondary N) is 2. The second kappa shape index (κ2) is 13.0. The monoisotopic (exact) mass is 646 g/mol. The van der Waals surface area contributed by atoms with E-state index in [4.69, 9.17) is 4.74 Å². The number of thiazole rings is 1. The van der Waals surface area contributed by atoms with Crippen molar-refractivity contribution < 1.29 is 28.7 Å². The fourth-order valence-electron chi connectivity index (χ4n) is 4.95. The molecule has 2 aromatic heterocycles. The van der Waals surface area contributed by atoms with Crippen molar-refractivity contribution in [3.63, 3.8) is 0 Å². The summed E-state index contributed by atoms with van der Waals surface area (Å²) in [5.41, 5.74) is 2.18. The minimum atomic E-state index is -0.783. The van der Waals surface area contributed by atoms with Crippen molar-refractivity contribution in [2.24, 2.45) is 0 Å². The Hall–Kier alpha value is -4.46. The number of esters is 1. The first-order valence-corrected chi connectivity index (χ1v) is 16.3. The Kier molecular flexibility index (Phi) is 8.77. The van der Waals surface area contributed by atoms with Crippen LogP contribution in [0.2, 0.25) is 0 Å². The second-order valence-corrected chi connectivity index (χ2v) is 13.0. The molecule has 3 amide bonds. The van der Waals surface area contributed by atoms with Crippen LogP contribution < -0.4 is 10.6 Å². The van der Waals surface area contributed by atoms with Gasteiger partial charge in [-0.05, 0) is 22.6 Å². The SMILES string of the molecule is COC(=O)Nc1ncc(C2=C(C(=O)OC(c3ccccc3)c3ccccc3)N3C(=O)C(NC(=O)Cc4cccs4)C3SC2)s1. The minimum Gasteiger partial charge on any atom is -0.453 e. The van der Waals surface area contributed by atoms with Crippen LogP contribution in [0, 0.1) is 0 Å². The molecular formula is C31H26N4O6S3. The first kappa shape index (κ1) is 29.6. The van der Waals surface area contributed by atoms with Gasteiger partial charge in [0, 0.05) is 22.4 Å². The largest absolute Gasteiger partial charge is 0.453 e. The first-order chi connectivity index (χ1) is 21.4. The summed E-state index contributed by atoms with van der Waals surface area (Å²) in [7, 11) is 1.25. The summed E-state index contributed by atoms with van der Waals surface area (Å²) in [5, 5.41) is 7.06. The number of thioether (sulfide) groups is 1. The lowest BCUT2D eigenvalue weighted by Gasteiger charge is -2.49. The number of hydrogen-bond donors (Lipinski definition) is 2. The third kappa shape index (κ3) is 6.11. The molecule has 2 aliphatic rings. The van der Waals surface area contributed by atoms with E-state index in [0.29, 0.717) is 16.2 Å². The topological polar surface area (TPSA) is 127 Å². The molecule has 44 heavy (non-hydrogen) atoms. The Morgan fingerprint density at radius 3 is 2.36 bits per heavy atom. The number of benzene rings is 2. The quantitative estimate of drug-likeness (QED) is 0.191. The van der Waals surface area contributed by atoms with Gasteiger partial charge in [-0.2, -0.15) is 0 Å². The maximum Gasteiger partial charge on any atom is 0.413 e. The smallest absolute Gasteiger partial charge is 0.413 e. The molecule has 0 saturated carbocycles. The molecule has 4 heterocycles. The molecule has 1 fully saturated rings. The molecule has 10 nitrogen and oxygen atoms in total. The molecule has 2 aliphatic heterocycles. The van der Waals surface area contributed by atoms with Gasteiger partial charge in [0.15, 0.2) is 11.2 Å². The number of aromatic nitrogens is 1. The molecule has 0 bridgehead atoms. The standard InChI is InChI=1S/C31H26N4O6S3/c1-40-31(39)34-30-32-16-22(44-30)21-17-43-28-24(33-23(36)15-20-13-8-14-42-20)27(37)35(28)25(21)29(38)41-26(18-9-4-2-5-10-18)19-11-6-3-7-12-19/h2-14,16,24,26,28H,15,17H2,1H3,(H,33,36)(H,32,34,39). The zero-order valence-corrected chi connectivity index (χ0v) is 25.7. The summed E-state index contributed by atoms with van der Waals surface area (Å²) in [6, 6.07) is 21.7. The maximum atomic E-state index is 14.2. The van der Waals surface area contributed by atoms with Crippen molar-refractivity contribution in [3.8, 4) is 0 Å². The Morgan fingerprint density at radius 2 is 1.73 bits per heavy atom. The van der Waals surface area contributed by atoms with Crippen molar-refractivity contribution in [2.45, 2.75) is 23.9 Å². The van der Waals surface area contributed by atoms with Gasteiger partial charge in [0.25, 0.3) is 5.91 Å². The van der Waals surface area contributed by atoms with Crippen molar-refractivity contribution >= 4 is 69.0 Å². The van der Waals surface area contributed by atoms with Gasteiger partial charge in [-0.25, -0.2) is 14.6 Å². The van der Waals surface area contributed by atoms with Crippen LogP contribution in [-0.4, -0.2) is 58.0 Å². The fraction of sp³-hybridized carbons (Fsp3) is 0.194. The summed E-state index contributed by atoms with van der Waals surface area (Å²) < 4.78 is 10.9. The zero-order chi connectivity index (χ0) is 30.6. The lowest BCUT2D eigenvalue weighted by atomic mass is 10.0. The molecule has 2 atom stereocenters. The van der Waals surface area contributed by atoms with Gasteiger partial charge in [-0.3, -0.25) is 19.8 Å². The molecule has 6 rings (SSSR count). The maximum absolute atomic E-state index is 14.2. The molecule has 0 spiro atoms. The number of carbonyl (C=O) groups is 4. The minimum absolute atomic E-state index is 0.0904. The third-order valence-corrected chi connectivity index (χ3v) is 10.1. The molecule has 2 unspecified atom stereocenters. The lowest BCUT2D eigenvalue weighted by molar-refractivity contribution is -0.154. The van der Waals surface area contributed by atoms with Crippen LogP contribution in [0.25, 0.3) is 5.57 Å². The highest BCUT2D eigenvalue weighted by atomic mass is 32.2. The van der Waals surface area contributed by atoms with Crippen LogP contribution in [-0.2, 0) is 30.3 Å². The highest BCUT2D eigenvalue weighted by Gasteiger charge is 2.55. The number of thiophene rings is 1. The molecule has 4 aromatic rings. The number of rotatable bonds is 9. The van der Waals surface area contributed by atoms with E-state index in [1.807, 2.05) is 78.2 Å². The van der Waals surface area contributed by atoms with E-state index in [1.165, 1.54) is 41.3 Å². The number of β-lactam (4-membered cyclic amide) rings is 1. The van der Waals surface area contributed by atoms with Crippen molar-refractivity contribution in [1.29, 1.82) is 0 Å². The number of hydrogen-bond acceptors (Lipinski definition) is 10. The average molecular weight is 647 g/mol. The number of fused-ring (bicyclic) bond motifs is 1. The normalized spacial score (nSPS) is 17.5. The van der Waals surface area contributed by atoms with Crippen molar-refractivity contribution in [3.05, 3.63) is 111 Å². The van der Waals surface area contributed by atoms with Crippen molar-refractivity contribution in [2.75, 3.05) is 18.2 Å². The lowest BCUT2D eigenvalue weighted by Crippen LogP contribution is -2.70. The van der Waals surface area contributed by atoms with Gasteiger partial charge < -0.3 is 14.8 Å². The van der Waals surface area contributed by atoms with E-state index in [9.17, 15) is 19.2 Å². The zero-order valence-electron chi connectivity index (χ0n) is 23.3. The Morgan fingerprint density at radius 1 is 1.02 bits per heavy atom. The van der Waals surface area contributed by atoms with E-state index in [1.54, 1.807) is 0 Å². The highest BCUT2D eigenvalue weighted by Crippen LogP contribution is 2.45. The molecule has 2 N–H and O–H groups in total. The number of amides is 3. The van der Waals surface area contributed by atoms with Crippen molar-refractivity contribution in [1.82, 2.24) is 15.2 Å². The van der Waals surface area contributed by atoms with Crippen LogP contribution in [0.5, 0.6) is 0 Å². The van der Waals surface area contributed by atoms with E-state index in [0.717, 1.165) is 27.3 Å². The molecule has 13 heteroatoms. The molecule has 0 radical (unpaired) electrons. The summed E-state index contributed by atoms with van der Waals surface area (Å²) in [6.07, 6.45) is 0.296. The predicted octanol–water partition coefficient (Wildman–Crippen LogP) is 5.07. The van der Waals surface area contributed by atoms with E-state index in [2.05, 4.69) is 20.4 Å². The average Bonchev–Trinajstić information content (AvgIpc) is 3.74. The van der Waals surface area contributed by atoms with E-state index >= 15 is 0 Å². The molecule has 0 aliphatic carbocycles. The third-order valence-electron chi connectivity index (χ3n) is 7.02. The van der Waals surface area contributed by atoms with Gasteiger partial charge in [0.1, 0.15) is 17.1 Å². The van der Waals surface area contributed by atoms with Gasteiger partial charge >= 0.3 is 12.1 Å². The summed E-state index contributed by atoms with van der Waals surface area (Å²) in [5.74, 6) is -1.01. The predicted molar refractivity (Wildman–Crippen MR) is 169 cm³/mol. The van der Waals surface area contributed by atoms with Crippen LogP contribution in [0.1, 0.15) is 27.0 Å². The number of carbonyl (C=O) groups excluding carboxylic acids is 4. The highest BCUT2D eigenvalue weighted by molar-refractivity contribution is 8.00. The Labute approximate surface area is 265 Å². The van der Waals surface area contributed by atoms with E-state index < -0.39 is 35.5 Å². The van der Waals surface area contributed by atoms with Crippen LogP contribution in [0.4, 0.5) is 9.93 Å². The summed E-state index contributed by atoms with van der Waals surface area (Å²) in [4.78, 5) is 59.4. The van der Waals surface area contributed by atoms with Crippen LogP contribution in [0.3, 0.4) is 0 Å². The molecule has 224 valence electrons. The van der Waals surface area contributed by atoms with Gasteiger partial charge in [-0.1, -0.05) is 78.1 Å². The number of ether oxygens (including phenoxy) is 2. The molecule has 1 saturated heterocycles. The first-order valence-electron chi connectivity index (χ1n) is 13.5. The van der Waals surface area contributed by atoms with Gasteiger partial charge in [0.05, 0.1) is 18.4 Å². The second-order valence-electron chi connectivity index (χ2n) is 9.79. The summed E-state index contributed by atoms with van der Waals surface area (Å²) >= 11 is 4.05. The molecule has 2 aromatic carbocycles. The number of nitrogens with zero attached hydrogens (tertiary/aromatic N) is 2. The van der Waals surface area contributed by atoms with Gasteiger partial charge in [-0.15, -0.1) is 23.1 Å². The van der Waals surface area contributed by atoms with Crippen LogP contribution in [0.15, 0.2) is 90.1 Å². The Bertz CT molecular complexity index is 1670. The Balaban J connectivity index is 1.32. The van der Waals surface area contributed by atoms with Gasteiger partial charge in [0.2, 0.25) is 5.91 Å².